The molecule has 0 bridgehead atoms. The van der Waals surface area contributed by atoms with Crippen molar-refractivity contribution in [1.29, 1.82) is 0 Å². The maximum atomic E-state index is 13.3. The molecule has 2 fully saturated rings. The quantitative estimate of drug-likeness (QED) is 0.770. The summed E-state index contributed by atoms with van der Waals surface area (Å²) < 4.78 is 0. The molecule has 5 nitrogen and oxygen atoms in total. The Kier molecular flexibility index (Phi) is 6.33. The van der Waals surface area contributed by atoms with Crippen LogP contribution in [-0.4, -0.2) is 54.7 Å². The smallest absolute Gasteiger partial charge is 0.230 e. The Balaban J connectivity index is 1.48. The van der Waals surface area contributed by atoms with Gasteiger partial charge in [-0.1, -0.05) is 30.3 Å². The van der Waals surface area contributed by atoms with Crippen LogP contribution in [0.1, 0.15) is 45.2 Å². The van der Waals surface area contributed by atoms with E-state index in [0.29, 0.717) is 12.1 Å². The Bertz CT molecular complexity index is 938. The zero-order valence-corrected chi connectivity index (χ0v) is 20.1. The van der Waals surface area contributed by atoms with Gasteiger partial charge in [0.05, 0.1) is 5.60 Å². The third kappa shape index (κ3) is 4.55. The molecule has 2 aliphatic heterocycles. The summed E-state index contributed by atoms with van der Waals surface area (Å²) in [4.78, 5) is 20.1. The zero-order chi connectivity index (χ0) is 23.0. The van der Waals surface area contributed by atoms with Gasteiger partial charge < -0.3 is 14.9 Å². The minimum atomic E-state index is -0.877. The molecule has 3 atom stereocenters. The minimum absolute atomic E-state index is 0.00687. The van der Waals surface area contributed by atoms with E-state index in [1.54, 1.807) is 13.8 Å². The number of benzene rings is 2. The van der Waals surface area contributed by atoms with Gasteiger partial charge in [-0.2, -0.15) is 0 Å². The van der Waals surface area contributed by atoms with E-state index < -0.39 is 5.60 Å². The van der Waals surface area contributed by atoms with E-state index in [9.17, 15) is 9.90 Å². The zero-order valence-electron chi connectivity index (χ0n) is 20.1. The van der Waals surface area contributed by atoms with Crippen molar-refractivity contribution in [1.82, 2.24) is 4.90 Å². The second-order valence-electron chi connectivity index (χ2n) is 10.2. The molecule has 4 rings (SSSR count). The van der Waals surface area contributed by atoms with E-state index in [-0.39, 0.29) is 11.8 Å². The Morgan fingerprint density at radius 1 is 1.00 bits per heavy atom. The van der Waals surface area contributed by atoms with Crippen molar-refractivity contribution in [3.8, 4) is 0 Å². The van der Waals surface area contributed by atoms with Gasteiger partial charge >= 0.3 is 0 Å². The van der Waals surface area contributed by atoms with E-state index in [4.69, 9.17) is 0 Å². The SMILES string of the molecule is C[C@@H]1CN(c2ccccc2C[C@H]2CCN(c3ccc(C(C)(C)O)cc3)C2=O)C[C@H](C)N1C. The van der Waals surface area contributed by atoms with Crippen molar-refractivity contribution < 1.29 is 9.90 Å². The van der Waals surface area contributed by atoms with Crippen LogP contribution in [-0.2, 0) is 16.8 Å². The molecule has 0 saturated carbocycles. The standard InChI is InChI=1S/C27H37N3O2/c1-19-17-29(18-20(2)28(19)5)25-9-7-6-8-21(25)16-22-14-15-30(26(22)31)24-12-10-23(11-13-24)27(3,4)32/h6-13,19-20,22,32H,14-18H2,1-5H3/t19-,20+,22-/m1/s1. The van der Waals surface area contributed by atoms with Crippen LogP contribution in [0.3, 0.4) is 0 Å². The van der Waals surface area contributed by atoms with Crippen LogP contribution in [0.25, 0.3) is 0 Å². The fourth-order valence-corrected chi connectivity index (χ4v) is 5.09. The molecule has 172 valence electrons. The van der Waals surface area contributed by atoms with Crippen LogP contribution >= 0.6 is 0 Å². The van der Waals surface area contributed by atoms with E-state index in [2.05, 4.69) is 55.0 Å². The van der Waals surface area contributed by atoms with Crippen molar-refractivity contribution in [2.75, 3.05) is 36.5 Å². The molecule has 2 aromatic rings. The number of likely N-dealkylation sites (N-methyl/N-ethyl adjacent to an activating group) is 1. The molecule has 0 unspecified atom stereocenters. The third-order valence-electron chi connectivity index (χ3n) is 7.36. The van der Waals surface area contributed by atoms with Crippen LogP contribution < -0.4 is 9.80 Å². The van der Waals surface area contributed by atoms with Crippen LogP contribution in [0, 0.1) is 5.92 Å². The first-order valence-corrected chi connectivity index (χ1v) is 11.8. The highest BCUT2D eigenvalue weighted by Gasteiger charge is 2.34. The lowest BCUT2D eigenvalue weighted by atomic mass is 9.95. The molecule has 32 heavy (non-hydrogen) atoms. The molecule has 2 aromatic carbocycles. The van der Waals surface area contributed by atoms with Gasteiger partial charge in [-0.05, 0) is 76.9 Å². The summed E-state index contributed by atoms with van der Waals surface area (Å²) in [5, 5.41) is 10.2. The van der Waals surface area contributed by atoms with E-state index in [1.807, 2.05) is 29.2 Å². The van der Waals surface area contributed by atoms with Crippen LogP contribution in [0.5, 0.6) is 0 Å². The highest BCUT2D eigenvalue weighted by Crippen LogP contribution is 2.33. The molecule has 0 aliphatic carbocycles. The molecule has 2 heterocycles. The predicted octanol–water partition coefficient (Wildman–Crippen LogP) is 4.04. The average Bonchev–Trinajstić information content (AvgIpc) is 3.11. The van der Waals surface area contributed by atoms with E-state index in [0.717, 1.165) is 43.7 Å². The lowest BCUT2D eigenvalue weighted by Gasteiger charge is -2.44. The highest BCUT2D eigenvalue weighted by molar-refractivity contribution is 5.97. The number of hydrogen-bond acceptors (Lipinski definition) is 4. The maximum absolute atomic E-state index is 13.3. The molecular weight excluding hydrogens is 398 g/mol. The molecule has 5 heteroatoms. The Morgan fingerprint density at radius 2 is 1.62 bits per heavy atom. The number of nitrogens with zero attached hydrogens (tertiary/aromatic N) is 3. The monoisotopic (exact) mass is 435 g/mol. The molecular formula is C27H37N3O2. The normalized spacial score (nSPS) is 24.9. The van der Waals surface area contributed by atoms with Crippen LogP contribution in [0.4, 0.5) is 11.4 Å². The summed E-state index contributed by atoms with van der Waals surface area (Å²) in [5.41, 5.74) is 3.45. The summed E-state index contributed by atoms with van der Waals surface area (Å²) in [7, 11) is 2.21. The van der Waals surface area contributed by atoms with Crippen molar-refractivity contribution in [3.63, 3.8) is 0 Å². The van der Waals surface area contributed by atoms with Gasteiger partial charge in [0, 0.05) is 49.0 Å². The maximum Gasteiger partial charge on any atom is 0.230 e. The Labute approximate surface area is 192 Å². The van der Waals surface area contributed by atoms with Gasteiger partial charge in [0.2, 0.25) is 5.91 Å². The summed E-state index contributed by atoms with van der Waals surface area (Å²) in [5.74, 6) is 0.211. The van der Waals surface area contributed by atoms with E-state index in [1.165, 1.54) is 11.3 Å². The van der Waals surface area contributed by atoms with Crippen LogP contribution in [0.15, 0.2) is 48.5 Å². The van der Waals surface area contributed by atoms with Gasteiger partial charge in [-0.15, -0.1) is 0 Å². The molecule has 1 amide bonds. The number of carbonyl (C=O) groups is 1. The number of amides is 1. The second kappa shape index (κ2) is 8.87. The Morgan fingerprint density at radius 3 is 2.25 bits per heavy atom. The van der Waals surface area contributed by atoms with Gasteiger partial charge in [0.1, 0.15) is 0 Å². The number of aliphatic hydroxyl groups is 1. The number of anilines is 2. The van der Waals surface area contributed by atoms with E-state index >= 15 is 0 Å². The van der Waals surface area contributed by atoms with Gasteiger partial charge in [-0.25, -0.2) is 0 Å². The average molecular weight is 436 g/mol. The number of carbonyl (C=O) groups excluding carboxylic acids is 1. The Hall–Kier alpha value is -2.37. The summed E-state index contributed by atoms with van der Waals surface area (Å²) in [6, 6.07) is 17.4. The molecule has 0 spiro atoms. The molecule has 0 radical (unpaired) electrons. The number of piperazine rings is 1. The number of hydrogen-bond donors (Lipinski definition) is 1. The van der Waals surface area contributed by atoms with Gasteiger partial charge in [0.15, 0.2) is 0 Å². The molecule has 0 aromatic heterocycles. The fourth-order valence-electron chi connectivity index (χ4n) is 5.09. The van der Waals surface area contributed by atoms with Gasteiger partial charge in [0.25, 0.3) is 0 Å². The lowest BCUT2D eigenvalue weighted by molar-refractivity contribution is -0.120. The van der Waals surface area contributed by atoms with Crippen molar-refractivity contribution in [2.45, 2.75) is 58.2 Å². The summed E-state index contributed by atoms with van der Waals surface area (Å²) in [6.07, 6.45) is 1.65. The number of para-hydroxylation sites is 1. The van der Waals surface area contributed by atoms with Crippen molar-refractivity contribution >= 4 is 17.3 Å². The summed E-state index contributed by atoms with van der Waals surface area (Å²) >= 11 is 0. The van der Waals surface area contributed by atoms with Crippen molar-refractivity contribution in [2.24, 2.45) is 5.92 Å². The lowest BCUT2D eigenvalue weighted by Crippen LogP contribution is -2.55. The van der Waals surface area contributed by atoms with Crippen molar-refractivity contribution in [3.05, 3.63) is 59.7 Å². The second-order valence-corrected chi connectivity index (χ2v) is 10.2. The largest absolute Gasteiger partial charge is 0.386 e. The predicted molar refractivity (Wildman–Crippen MR) is 131 cm³/mol. The fraction of sp³-hybridized carbons (Fsp3) is 0.519. The highest BCUT2D eigenvalue weighted by atomic mass is 16.3. The first-order chi connectivity index (χ1) is 15.1. The summed E-state index contributed by atoms with van der Waals surface area (Å²) in [6.45, 7) is 10.9. The number of rotatable bonds is 5. The molecule has 2 aliphatic rings. The topological polar surface area (TPSA) is 47.0 Å². The first-order valence-electron chi connectivity index (χ1n) is 11.8. The molecule has 1 N–H and O–H groups in total. The first kappa shape index (κ1) is 22.8. The minimum Gasteiger partial charge on any atom is -0.386 e. The van der Waals surface area contributed by atoms with Crippen LogP contribution in [0.2, 0.25) is 0 Å². The molecule has 2 saturated heterocycles. The third-order valence-corrected chi connectivity index (χ3v) is 7.36. The van der Waals surface area contributed by atoms with Gasteiger partial charge in [-0.3, -0.25) is 9.69 Å².